The lowest BCUT2D eigenvalue weighted by Crippen LogP contribution is -2.48. The summed E-state index contributed by atoms with van der Waals surface area (Å²) < 4.78 is 1.89. The lowest BCUT2D eigenvalue weighted by Gasteiger charge is -2.35. The number of rotatable bonds is 2. The van der Waals surface area contributed by atoms with Crippen LogP contribution in [0.25, 0.3) is 0 Å². The van der Waals surface area contributed by atoms with Gasteiger partial charge in [-0.05, 0) is 25.3 Å². The van der Waals surface area contributed by atoms with E-state index < -0.39 is 0 Å². The number of hydrogen-bond acceptors (Lipinski definition) is 2. The van der Waals surface area contributed by atoms with Gasteiger partial charge in [0.1, 0.15) is 5.69 Å². The van der Waals surface area contributed by atoms with Crippen molar-refractivity contribution < 1.29 is 4.79 Å². The monoisotopic (exact) mass is 269 g/mol. The molecule has 1 aliphatic heterocycles. The molecule has 4 nitrogen and oxygen atoms in total. The first-order valence-corrected chi connectivity index (χ1v) is 6.81. The van der Waals surface area contributed by atoms with E-state index in [1.807, 2.05) is 16.4 Å². The van der Waals surface area contributed by atoms with Crippen molar-refractivity contribution in [3.63, 3.8) is 0 Å². The highest BCUT2D eigenvalue weighted by atomic mass is 35.5. The van der Waals surface area contributed by atoms with Gasteiger partial charge in [-0.3, -0.25) is 4.79 Å². The second-order valence-corrected chi connectivity index (χ2v) is 5.45. The Morgan fingerprint density at radius 1 is 1.61 bits per heavy atom. The van der Waals surface area contributed by atoms with Crippen LogP contribution in [0, 0.1) is 5.92 Å². The van der Waals surface area contributed by atoms with E-state index in [0.29, 0.717) is 16.6 Å². The summed E-state index contributed by atoms with van der Waals surface area (Å²) in [5.41, 5.74) is 6.65. The summed E-state index contributed by atoms with van der Waals surface area (Å²) in [6, 6.07) is 1.95. The number of piperidine rings is 1. The van der Waals surface area contributed by atoms with Gasteiger partial charge in [0.2, 0.25) is 0 Å². The largest absolute Gasteiger partial charge is 0.342 e. The Morgan fingerprint density at radius 3 is 2.94 bits per heavy atom. The van der Waals surface area contributed by atoms with E-state index >= 15 is 0 Å². The third kappa shape index (κ3) is 2.54. The quantitative estimate of drug-likeness (QED) is 0.892. The minimum atomic E-state index is 0.0579. The highest BCUT2D eigenvalue weighted by molar-refractivity contribution is 6.31. The van der Waals surface area contributed by atoms with Crippen molar-refractivity contribution >= 4 is 17.5 Å². The molecule has 2 N–H and O–H groups in total. The van der Waals surface area contributed by atoms with Gasteiger partial charge in [0.05, 0.1) is 5.02 Å². The molecule has 0 aromatic carbocycles. The molecule has 2 atom stereocenters. The molecule has 0 radical (unpaired) electrons. The molecule has 1 aliphatic rings. The molecule has 0 bridgehead atoms. The van der Waals surface area contributed by atoms with Gasteiger partial charge in [0.15, 0.2) is 0 Å². The van der Waals surface area contributed by atoms with E-state index in [1.54, 1.807) is 12.3 Å². The van der Waals surface area contributed by atoms with E-state index in [4.69, 9.17) is 17.3 Å². The highest BCUT2D eigenvalue weighted by Gasteiger charge is 2.28. The van der Waals surface area contributed by atoms with Crippen LogP contribution in [-0.4, -0.2) is 34.5 Å². The summed E-state index contributed by atoms with van der Waals surface area (Å²) in [6.45, 7) is 6.30. The smallest absolute Gasteiger partial charge is 0.270 e. The van der Waals surface area contributed by atoms with E-state index in [2.05, 4.69) is 6.92 Å². The molecule has 1 aromatic heterocycles. The molecule has 0 spiro atoms. The number of carbonyl (C=O) groups is 1. The van der Waals surface area contributed by atoms with E-state index in [1.165, 1.54) is 0 Å². The van der Waals surface area contributed by atoms with Crippen molar-refractivity contribution in [2.45, 2.75) is 32.9 Å². The number of hydrogen-bond donors (Lipinski definition) is 1. The van der Waals surface area contributed by atoms with Gasteiger partial charge < -0.3 is 15.2 Å². The summed E-state index contributed by atoms with van der Waals surface area (Å²) in [6.07, 6.45) is 2.67. The van der Waals surface area contributed by atoms with Crippen LogP contribution < -0.4 is 5.73 Å². The lowest BCUT2D eigenvalue weighted by molar-refractivity contribution is 0.0653. The Kier molecular flexibility index (Phi) is 3.97. The third-order valence-corrected chi connectivity index (χ3v) is 3.89. The predicted octanol–water partition coefficient (Wildman–Crippen LogP) is 1.97. The number of aromatic nitrogens is 1. The standard InChI is InChI=1S/C13H20ClN3O/c1-3-16-8-10(14)6-12(16)13(18)17-5-4-11(15)9(2)7-17/h6,8-9,11H,3-5,7,15H2,1-2H3. The van der Waals surface area contributed by atoms with Gasteiger partial charge in [-0.15, -0.1) is 0 Å². The van der Waals surface area contributed by atoms with Crippen molar-refractivity contribution in [2.24, 2.45) is 11.7 Å². The molecule has 2 unspecified atom stereocenters. The molecular weight excluding hydrogens is 250 g/mol. The second-order valence-electron chi connectivity index (χ2n) is 5.01. The molecule has 1 fully saturated rings. The highest BCUT2D eigenvalue weighted by Crippen LogP contribution is 2.20. The molecule has 5 heteroatoms. The van der Waals surface area contributed by atoms with Gasteiger partial charge in [-0.2, -0.15) is 0 Å². The Hall–Kier alpha value is -1.00. The SMILES string of the molecule is CCn1cc(Cl)cc1C(=O)N1CCC(N)C(C)C1. The molecule has 1 amide bonds. The van der Waals surface area contributed by atoms with Gasteiger partial charge in [0, 0.05) is 31.9 Å². The summed E-state index contributed by atoms with van der Waals surface area (Å²) >= 11 is 5.97. The maximum Gasteiger partial charge on any atom is 0.270 e. The molecular formula is C13H20ClN3O. The van der Waals surface area contributed by atoms with Crippen molar-refractivity contribution in [2.75, 3.05) is 13.1 Å². The van der Waals surface area contributed by atoms with Crippen molar-refractivity contribution in [1.82, 2.24) is 9.47 Å². The number of nitrogens with zero attached hydrogens (tertiary/aromatic N) is 2. The predicted molar refractivity (Wildman–Crippen MR) is 72.8 cm³/mol. The Morgan fingerprint density at radius 2 is 2.33 bits per heavy atom. The second kappa shape index (κ2) is 5.33. The van der Waals surface area contributed by atoms with Crippen LogP contribution in [0.3, 0.4) is 0 Å². The van der Waals surface area contributed by atoms with Gasteiger partial charge in [0.25, 0.3) is 5.91 Å². The molecule has 18 heavy (non-hydrogen) atoms. The van der Waals surface area contributed by atoms with Crippen molar-refractivity contribution in [3.05, 3.63) is 23.0 Å². The first kappa shape index (κ1) is 13.4. The molecule has 0 saturated carbocycles. The number of amides is 1. The Labute approximate surface area is 113 Å². The van der Waals surface area contributed by atoms with Crippen LogP contribution in [0.1, 0.15) is 30.8 Å². The molecule has 2 rings (SSSR count). The van der Waals surface area contributed by atoms with Crippen LogP contribution in [0.4, 0.5) is 0 Å². The Bertz CT molecular complexity index is 443. The van der Waals surface area contributed by atoms with Crippen LogP contribution in [0.15, 0.2) is 12.3 Å². The summed E-state index contributed by atoms with van der Waals surface area (Å²) in [5.74, 6) is 0.408. The normalized spacial score (nSPS) is 24.3. The van der Waals surface area contributed by atoms with Crippen molar-refractivity contribution in [1.29, 1.82) is 0 Å². The zero-order chi connectivity index (χ0) is 13.3. The number of likely N-dealkylation sites (tertiary alicyclic amines) is 1. The summed E-state index contributed by atoms with van der Waals surface area (Å²) in [7, 11) is 0. The fourth-order valence-electron chi connectivity index (χ4n) is 2.43. The fourth-order valence-corrected chi connectivity index (χ4v) is 2.65. The molecule has 0 aliphatic carbocycles. The van der Waals surface area contributed by atoms with Crippen LogP contribution >= 0.6 is 11.6 Å². The lowest BCUT2D eigenvalue weighted by atomic mass is 9.94. The fraction of sp³-hybridized carbons (Fsp3) is 0.615. The van der Waals surface area contributed by atoms with Crippen LogP contribution in [-0.2, 0) is 6.54 Å². The summed E-state index contributed by atoms with van der Waals surface area (Å²) in [4.78, 5) is 14.3. The summed E-state index contributed by atoms with van der Waals surface area (Å²) in [5, 5.41) is 0.613. The number of aryl methyl sites for hydroxylation is 1. The average molecular weight is 270 g/mol. The molecule has 2 heterocycles. The van der Waals surface area contributed by atoms with Crippen LogP contribution in [0.5, 0.6) is 0 Å². The Balaban J connectivity index is 2.16. The van der Waals surface area contributed by atoms with Crippen molar-refractivity contribution in [3.8, 4) is 0 Å². The van der Waals surface area contributed by atoms with E-state index in [0.717, 1.165) is 26.1 Å². The minimum Gasteiger partial charge on any atom is -0.342 e. The third-order valence-electron chi connectivity index (χ3n) is 3.68. The maximum atomic E-state index is 12.5. The first-order chi connectivity index (χ1) is 8.52. The van der Waals surface area contributed by atoms with Gasteiger partial charge in [-0.1, -0.05) is 18.5 Å². The number of nitrogens with two attached hydrogens (primary N) is 1. The van der Waals surface area contributed by atoms with E-state index in [9.17, 15) is 4.79 Å². The van der Waals surface area contributed by atoms with E-state index in [-0.39, 0.29) is 11.9 Å². The molecule has 1 saturated heterocycles. The zero-order valence-corrected chi connectivity index (χ0v) is 11.7. The number of halogens is 1. The van der Waals surface area contributed by atoms with Crippen LogP contribution in [0.2, 0.25) is 5.02 Å². The zero-order valence-electron chi connectivity index (χ0n) is 10.9. The topological polar surface area (TPSA) is 51.3 Å². The van der Waals surface area contributed by atoms with Gasteiger partial charge >= 0.3 is 0 Å². The number of carbonyl (C=O) groups excluding carboxylic acids is 1. The average Bonchev–Trinajstić information content (AvgIpc) is 2.73. The van der Waals surface area contributed by atoms with Gasteiger partial charge in [-0.25, -0.2) is 0 Å². The molecule has 100 valence electrons. The maximum absolute atomic E-state index is 12.5. The first-order valence-electron chi connectivity index (χ1n) is 6.43. The minimum absolute atomic E-state index is 0.0579. The molecule has 1 aromatic rings.